The maximum atomic E-state index is 12.3. The lowest BCUT2D eigenvalue weighted by Gasteiger charge is -2.33. The van der Waals surface area contributed by atoms with Crippen LogP contribution in [0.4, 0.5) is 22.7 Å². The molecule has 5 rings (SSSR count). The molecule has 2 aliphatic heterocycles. The van der Waals surface area contributed by atoms with Crippen molar-refractivity contribution in [2.75, 3.05) is 48.0 Å². The van der Waals surface area contributed by atoms with E-state index in [1.165, 1.54) is 11.3 Å². The number of aromatic nitrogens is 4. The Kier molecular flexibility index (Phi) is 8.20. The Hall–Kier alpha value is -3.80. The minimum atomic E-state index is -0.386. The van der Waals surface area contributed by atoms with Gasteiger partial charge in [-0.05, 0) is 51.7 Å². The average Bonchev–Trinajstić information content (AvgIpc) is 3.52. The Morgan fingerprint density at radius 2 is 1.85 bits per heavy atom. The summed E-state index contributed by atoms with van der Waals surface area (Å²) >= 11 is 1.23. The molecule has 0 amide bonds. The summed E-state index contributed by atoms with van der Waals surface area (Å²) in [5.41, 5.74) is 2.80. The van der Waals surface area contributed by atoms with E-state index in [0.717, 1.165) is 35.7 Å². The number of pyridine rings is 1. The summed E-state index contributed by atoms with van der Waals surface area (Å²) in [5.74, 6) is 1.57. The van der Waals surface area contributed by atoms with E-state index in [1.54, 1.807) is 20.0 Å². The molecule has 1 N–H and O–H groups in total. The summed E-state index contributed by atoms with van der Waals surface area (Å²) in [4.78, 5) is 48.2. The number of carbonyl (C=O) groups excluding carboxylic acids is 2. The normalized spacial score (nSPS) is 15.3. The minimum Gasteiger partial charge on any atom is -0.466 e. The van der Waals surface area contributed by atoms with Crippen molar-refractivity contribution in [3.05, 3.63) is 46.2 Å². The van der Waals surface area contributed by atoms with E-state index in [2.05, 4.69) is 31.2 Å². The SMILES string of the molecule is CCOC(=O)c1sc(Nc2nc(N3CCC(C(=O)OCC)CC3)c3c(n2)N(Cc2cccnc2)CC3)nc1C. The standard InChI is InChI=1S/C27H33N7O4S/c1-4-37-24(35)19-8-12-33(13-9-19)22-20-10-14-34(16-18-7-6-11-28-15-18)23(20)31-26(30-22)32-27-29-17(3)21(39-27)25(36)38-5-2/h6-7,11,15,19H,4-5,8-10,12-14,16H2,1-3H3,(H,29,30,31,32). The van der Waals surface area contributed by atoms with Gasteiger partial charge in [-0.15, -0.1) is 0 Å². The van der Waals surface area contributed by atoms with Crippen LogP contribution in [0.2, 0.25) is 0 Å². The third kappa shape index (κ3) is 5.95. The van der Waals surface area contributed by atoms with Crippen LogP contribution in [0.25, 0.3) is 0 Å². The van der Waals surface area contributed by atoms with Crippen LogP contribution in [0.3, 0.4) is 0 Å². The van der Waals surface area contributed by atoms with Crippen LogP contribution < -0.4 is 15.1 Å². The van der Waals surface area contributed by atoms with Crippen molar-refractivity contribution >= 4 is 46.0 Å². The van der Waals surface area contributed by atoms with Crippen LogP contribution in [0.1, 0.15) is 53.2 Å². The van der Waals surface area contributed by atoms with Gasteiger partial charge in [-0.1, -0.05) is 17.4 Å². The van der Waals surface area contributed by atoms with Gasteiger partial charge in [0.15, 0.2) is 5.13 Å². The smallest absolute Gasteiger partial charge is 0.350 e. The van der Waals surface area contributed by atoms with Gasteiger partial charge >= 0.3 is 11.9 Å². The summed E-state index contributed by atoms with van der Waals surface area (Å²) in [6.07, 6.45) is 5.90. The van der Waals surface area contributed by atoms with Crippen molar-refractivity contribution in [2.24, 2.45) is 5.92 Å². The second-order valence-corrected chi connectivity index (χ2v) is 10.5. The third-order valence-corrected chi connectivity index (χ3v) is 7.93. The Morgan fingerprint density at radius 3 is 2.56 bits per heavy atom. The molecule has 0 radical (unpaired) electrons. The molecule has 0 unspecified atom stereocenters. The van der Waals surface area contributed by atoms with Crippen LogP contribution in [0, 0.1) is 12.8 Å². The van der Waals surface area contributed by atoms with Crippen molar-refractivity contribution in [1.29, 1.82) is 0 Å². The summed E-state index contributed by atoms with van der Waals surface area (Å²) in [5, 5.41) is 3.76. The molecule has 0 aliphatic carbocycles. The topological polar surface area (TPSA) is 123 Å². The lowest BCUT2D eigenvalue weighted by Crippen LogP contribution is -2.38. The van der Waals surface area contributed by atoms with E-state index in [-0.39, 0.29) is 17.9 Å². The van der Waals surface area contributed by atoms with Gasteiger partial charge in [-0.3, -0.25) is 15.1 Å². The quantitative estimate of drug-likeness (QED) is 0.390. The summed E-state index contributed by atoms with van der Waals surface area (Å²) in [6.45, 7) is 9.01. The van der Waals surface area contributed by atoms with E-state index in [4.69, 9.17) is 19.4 Å². The van der Waals surface area contributed by atoms with Crippen molar-refractivity contribution in [1.82, 2.24) is 19.9 Å². The zero-order valence-corrected chi connectivity index (χ0v) is 23.3. The fraction of sp³-hybridized carbons (Fsp3) is 0.481. The van der Waals surface area contributed by atoms with Gasteiger partial charge in [-0.2, -0.15) is 9.97 Å². The molecular formula is C27H33N7O4S. The molecule has 39 heavy (non-hydrogen) atoms. The number of anilines is 4. The molecule has 0 bridgehead atoms. The predicted octanol–water partition coefficient (Wildman–Crippen LogP) is 3.90. The minimum absolute atomic E-state index is 0.0876. The first kappa shape index (κ1) is 26.8. The highest BCUT2D eigenvalue weighted by molar-refractivity contribution is 7.17. The second kappa shape index (κ2) is 11.9. The Bertz CT molecular complexity index is 1330. The lowest BCUT2D eigenvalue weighted by atomic mass is 9.96. The fourth-order valence-corrected chi connectivity index (χ4v) is 5.85. The number of thiazole rings is 1. The number of esters is 2. The Balaban J connectivity index is 1.43. The molecule has 206 valence electrons. The molecule has 0 atom stereocenters. The highest BCUT2D eigenvalue weighted by Gasteiger charge is 2.32. The summed E-state index contributed by atoms with van der Waals surface area (Å²) in [7, 11) is 0. The maximum Gasteiger partial charge on any atom is 0.350 e. The van der Waals surface area contributed by atoms with Crippen LogP contribution in [-0.2, 0) is 27.2 Å². The van der Waals surface area contributed by atoms with E-state index >= 15 is 0 Å². The lowest BCUT2D eigenvalue weighted by molar-refractivity contribution is -0.148. The molecule has 0 aromatic carbocycles. The zero-order valence-electron chi connectivity index (χ0n) is 22.5. The molecule has 3 aromatic heterocycles. The predicted molar refractivity (Wildman–Crippen MR) is 149 cm³/mol. The number of aryl methyl sites for hydroxylation is 1. The third-order valence-electron chi connectivity index (χ3n) is 6.88. The van der Waals surface area contributed by atoms with Crippen LogP contribution in [0.15, 0.2) is 24.5 Å². The first-order chi connectivity index (χ1) is 19.0. The Morgan fingerprint density at radius 1 is 1.08 bits per heavy atom. The number of rotatable bonds is 9. The molecule has 5 heterocycles. The summed E-state index contributed by atoms with van der Waals surface area (Å²) in [6, 6.07) is 3.99. The van der Waals surface area contributed by atoms with E-state index < -0.39 is 0 Å². The number of nitrogens with one attached hydrogen (secondary N) is 1. The number of hydrogen-bond acceptors (Lipinski definition) is 12. The average molecular weight is 552 g/mol. The Labute approximate surface area is 231 Å². The number of carbonyl (C=O) groups is 2. The molecular weight excluding hydrogens is 518 g/mol. The number of hydrogen-bond donors (Lipinski definition) is 1. The maximum absolute atomic E-state index is 12.3. The zero-order chi connectivity index (χ0) is 27.4. The van der Waals surface area contributed by atoms with Gasteiger partial charge in [0.1, 0.15) is 16.5 Å². The number of piperidine rings is 1. The number of fused-ring (bicyclic) bond motifs is 1. The van der Waals surface area contributed by atoms with E-state index in [9.17, 15) is 9.59 Å². The molecule has 0 spiro atoms. The monoisotopic (exact) mass is 551 g/mol. The van der Waals surface area contributed by atoms with E-state index in [0.29, 0.717) is 67.3 Å². The second-order valence-electron chi connectivity index (χ2n) is 9.50. The molecule has 2 aliphatic rings. The number of ether oxygens (including phenoxy) is 2. The molecule has 3 aromatic rings. The summed E-state index contributed by atoms with van der Waals surface area (Å²) < 4.78 is 10.4. The van der Waals surface area contributed by atoms with Crippen molar-refractivity contribution in [3.8, 4) is 0 Å². The molecule has 12 heteroatoms. The van der Waals surface area contributed by atoms with Gasteiger partial charge < -0.3 is 19.3 Å². The van der Waals surface area contributed by atoms with Crippen molar-refractivity contribution in [3.63, 3.8) is 0 Å². The van der Waals surface area contributed by atoms with Gasteiger partial charge in [-0.25, -0.2) is 9.78 Å². The van der Waals surface area contributed by atoms with Crippen LogP contribution in [-0.4, -0.2) is 64.7 Å². The van der Waals surface area contributed by atoms with Gasteiger partial charge in [0, 0.05) is 44.1 Å². The highest BCUT2D eigenvalue weighted by Crippen LogP contribution is 2.37. The van der Waals surface area contributed by atoms with Gasteiger partial charge in [0.25, 0.3) is 0 Å². The number of nitrogens with zero attached hydrogens (tertiary/aromatic N) is 6. The first-order valence-electron chi connectivity index (χ1n) is 13.3. The van der Waals surface area contributed by atoms with Crippen LogP contribution in [0.5, 0.6) is 0 Å². The molecule has 1 saturated heterocycles. The van der Waals surface area contributed by atoms with Crippen LogP contribution >= 0.6 is 11.3 Å². The molecule has 0 saturated carbocycles. The van der Waals surface area contributed by atoms with E-state index in [1.807, 2.05) is 19.2 Å². The highest BCUT2D eigenvalue weighted by atomic mass is 32.1. The molecule has 11 nitrogen and oxygen atoms in total. The van der Waals surface area contributed by atoms with Crippen molar-refractivity contribution in [2.45, 2.75) is 46.6 Å². The fourth-order valence-electron chi connectivity index (χ4n) is 5.00. The van der Waals surface area contributed by atoms with Gasteiger partial charge in [0.2, 0.25) is 5.95 Å². The first-order valence-corrected chi connectivity index (χ1v) is 14.2. The molecule has 1 fully saturated rings. The van der Waals surface area contributed by atoms with Crippen molar-refractivity contribution < 1.29 is 19.1 Å². The largest absolute Gasteiger partial charge is 0.466 e. The van der Waals surface area contributed by atoms with Gasteiger partial charge in [0.05, 0.1) is 24.8 Å².